The van der Waals surface area contributed by atoms with E-state index in [-0.39, 0.29) is 17.5 Å². The van der Waals surface area contributed by atoms with Crippen LogP contribution < -0.4 is 25.3 Å². The Morgan fingerprint density at radius 2 is 0.762 bits per heavy atom. The lowest BCUT2D eigenvalue weighted by Gasteiger charge is -2.45. The number of piperazine rings is 3. The number of nitrogens with one attached hydrogen (secondary N) is 2. The monoisotopic (exact) mass is 1410 g/mol. The van der Waals surface area contributed by atoms with Gasteiger partial charge in [0.25, 0.3) is 0 Å². The van der Waals surface area contributed by atoms with E-state index in [0.717, 1.165) is 147 Å². The minimum atomic E-state index is -0.238. The topological polar surface area (TPSA) is 176 Å². The Bertz CT molecular complexity index is 5240. The first kappa shape index (κ1) is 66.4. The Labute approximate surface area is 608 Å². The Hall–Kier alpha value is -9.30. The van der Waals surface area contributed by atoms with E-state index >= 15 is 0 Å². The highest BCUT2D eigenvalue weighted by Gasteiger charge is 2.43. The van der Waals surface area contributed by atoms with Crippen LogP contribution in [0.15, 0.2) is 129 Å². The number of aryl methyl sites for hydroxylation is 3. The van der Waals surface area contributed by atoms with Crippen molar-refractivity contribution in [1.82, 2.24) is 89.0 Å². The largest absolute Gasteiger partial charge is 0.369 e. The zero-order valence-corrected chi connectivity index (χ0v) is 60.2. The van der Waals surface area contributed by atoms with Crippen LogP contribution in [0, 0.1) is 38.2 Å². The zero-order chi connectivity index (χ0) is 70.7. The second-order valence-electron chi connectivity index (χ2n) is 31.3. The molecule has 6 bridgehead atoms. The van der Waals surface area contributed by atoms with E-state index in [0.29, 0.717) is 69.5 Å². The van der Waals surface area contributed by atoms with Crippen LogP contribution in [-0.2, 0) is 0 Å². The number of hydrogen-bond acceptors (Lipinski definition) is 18. The molecule has 0 radical (unpaired) electrons. The summed E-state index contributed by atoms with van der Waals surface area (Å²) >= 11 is 0. The Balaban J connectivity index is 0.000000108. The van der Waals surface area contributed by atoms with Crippen molar-refractivity contribution in [2.45, 2.75) is 146 Å². The summed E-state index contributed by atoms with van der Waals surface area (Å²) in [6.07, 6.45) is 36.8. The van der Waals surface area contributed by atoms with Gasteiger partial charge in [0.15, 0.2) is 16.9 Å². The summed E-state index contributed by atoms with van der Waals surface area (Å²) in [6, 6.07) is 22.4. The van der Waals surface area contributed by atoms with Gasteiger partial charge in [0.2, 0.25) is 0 Å². The van der Waals surface area contributed by atoms with E-state index in [2.05, 4.69) is 101 Å². The third kappa shape index (κ3) is 12.4. The standard InChI is InChI=1S/C28H32FN7.C27H30FN7.C26H28FN7/c1-18-11-24-23(5-8-30-27(24)12-26(18)29)25-14-32-36-17-22(13-31-28(25)36)34-9-6-19(7-10-34)35-15-20-3-4-21(16-35)33(20)2;1-17-10-23-22(4-7-29-26(23)11-25(17)28)24-13-31-35-16-21(12-30-27(24)35)33-8-5-20(6-9-33)34-14-18-2-3-19(15-34)32-18;1-16-8-22-21(2-5-28-25(22)10-24(16)27)23-13-31-34-15-20(12-30-26(23)34)32-6-3-18(4-7-32)33-14-17-9-19(33)11-29-17/h5,8,11-14,17,19-21H,3-4,6-7,9-10,15-16H2,1-2H3;4,7,10-13,16,18-20,32H,2-3,5-6,8-9,14-15H2,1H3;2,5,8,10,12-13,15,17-19,29H,3-4,6-7,9,11,14H2,1H3/t;;17-,19-/m..1/s1. The van der Waals surface area contributed by atoms with E-state index in [1.807, 2.05) is 87.1 Å². The van der Waals surface area contributed by atoms with Crippen molar-refractivity contribution in [3.8, 4) is 33.4 Å². The fourth-order valence-electron chi connectivity index (χ4n) is 19.2. The van der Waals surface area contributed by atoms with Gasteiger partial charge in [-0.3, -0.25) is 34.6 Å². The molecular weight excluding hydrogens is 1320 g/mol. The summed E-state index contributed by atoms with van der Waals surface area (Å²) in [5.74, 6) is -0.714. The number of nitrogens with zero attached hydrogens (tertiary/aromatic N) is 19. The molecule has 0 amide bonds. The number of likely N-dealkylation sites (N-methyl/N-ethyl adjacent to an activating group) is 1. The van der Waals surface area contributed by atoms with E-state index in [1.54, 1.807) is 39.4 Å². The summed E-state index contributed by atoms with van der Waals surface area (Å²) < 4.78 is 47.9. The number of aromatic nitrogens is 12. The average Bonchev–Trinajstić information content (AvgIpc) is 1.72. The van der Waals surface area contributed by atoms with Crippen molar-refractivity contribution < 1.29 is 13.2 Å². The van der Waals surface area contributed by atoms with Crippen LogP contribution >= 0.6 is 0 Å². The first-order valence-corrected chi connectivity index (χ1v) is 38.2. The number of rotatable bonds is 9. The number of halogens is 3. The number of piperidine rings is 3. The van der Waals surface area contributed by atoms with Gasteiger partial charge in [-0.1, -0.05) is 0 Å². The lowest BCUT2D eigenvalue weighted by Crippen LogP contribution is -2.56. The van der Waals surface area contributed by atoms with Gasteiger partial charge in [0, 0.05) is 203 Å². The molecular formula is C81H90F3N21. The van der Waals surface area contributed by atoms with Crippen LogP contribution in [0.1, 0.15) is 87.3 Å². The summed E-state index contributed by atoms with van der Waals surface area (Å²) in [5, 5.41) is 24.0. The smallest absolute Gasteiger partial charge is 0.162 e. The maximum Gasteiger partial charge on any atom is 0.162 e. The molecule has 12 aromatic rings. The number of hydrogen-bond donors (Lipinski definition) is 2. The highest BCUT2D eigenvalue weighted by molar-refractivity contribution is 6.00. The fraction of sp³-hybridized carbons (Fsp3) is 0.444. The predicted octanol–water partition coefficient (Wildman–Crippen LogP) is 11.3. The number of likely N-dealkylation sites (tertiary alicyclic amines) is 3. The molecule has 9 fully saturated rings. The molecule has 0 spiro atoms. The van der Waals surface area contributed by atoms with Gasteiger partial charge >= 0.3 is 0 Å². The van der Waals surface area contributed by atoms with Crippen molar-refractivity contribution in [2.75, 3.05) is 100 Å². The average molecular weight is 1410 g/mol. The van der Waals surface area contributed by atoms with Crippen LogP contribution in [0.5, 0.6) is 0 Å². The molecule has 105 heavy (non-hydrogen) atoms. The molecule has 0 saturated carbocycles. The van der Waals surface area contributed by atoms with Crippen molar-refractivity contribution >= 4 is 66.7 Å². The molecule has 9 saturated heterocycles. The van der Waals surface area contributed by atoms with Gasteiger partial charge in [-0.25, -0.2) is 41.7 Å². The van der Waals surface area contributed by atoms with Gasteiger partial charge in [-0.15, -0.1) is 0 Å². The molecule has 4 unspecified atom stereocenters. The molecule has 6 atom stereocenters. The third-order valence-corrected chi connectivity index (χ3v) is 25.2. The lowest BCUT2D eigenvalue weighted by molar-refractivity contribution is 0.0495. The molecule has 9 aromatic heterocycles. The van der Waals surface area contributed by atoms with E-state index in [9.17, 15) is 13.2 Å². The molecule has 540 valence electrons. The molecule has 9 aliphatic rings. The highest BCUT2D eigenvalue weighted by Crippen LogP contribution is 2.39. The Kier molecular flexibility index (Phi) is 17.2. The molecule has 21 rings (SSSR count). The number of fused-ring (bicyclic) bond motifs is 12. The molecule has 21 nitrogen and oxygen atoms in total. The zero-order valence-electron chi connectivity index (χ0n) is 60.2. The Morgan fingerprint density at radius 1 is 0.381 bits per heavy atom. The van der Waals surface area contributed by atoms with Crippen molar-refractivity contribution in [1.29, 1.82) is 0 Å². The molecule has 24 heteroatoms. The van der Waals surface area contributed by atoms with E-state index in [1.165, 1.54) is 122 Å². The van der Waals surface area contributed by atoms with Crippen molar-refractivity contribution in [3.05, 3.63) is 163 Å². The number of anilines is 3. The summed E-state index contributed by atoms with van der Waals surface area (Å²) in [5.41, 5.74) is 15.2. The molecule has 9 aliphatic heterocycles. The minimum Gasteiger partial charge on any atom is -0.369 e. The highest BCUT2D eigenvalue weighted by atomic mass is 19.1. The first-order chi connectivity index (χ1) is 51.3. The summed E-state index contributed by atoms with van der Waals surface area (Å²) in [6.45, 7) is 18.9. The van der Waals surface area contributed by atoms with Crippen molar-refractivity contribution in [2.24, 2.45) is 0 Å². The van der Waals surface area contributed by atoms with Crippen LogP contribution in [0.25, 0.3) is 83.0 Å². The van der Waals surface area contributed by atoms with Crippen molar-refractivity contribution in [3.63, 3.8) is 0 Å². The van der Waals surface area contributed by atoms with Crippen LogP contribution in [0.3, 0.4) is 0 Å². The maximum absolute atomic E-state index is 14.1. The van der Waals surface area contributed by atoms with E-state index in [4.69, 9.17) is 15.0 Å². The Morgan fingerprint density at radius 3 is 1.13 bits per heavy atom. The van der Waals surface area contributed by atoms with E-state index < -0.39 is 0 Å². The normalized spacial score (nSPS) is 23.6. The van der Waals surface area contributed by atoms with Gasteiger partial charge in [0.05, 0.1) is 89.4 Å². The molecule has 3 aromatic carbocycles. The predicted molar refractivity (Wildman–Crippen MR) is 406 cm³/mol. The number of pyridine rings is 3. The van der Waals surface area contributed by atoms with Crippen LogP contribution in [-0.4, -0.2) is 218 Å². The lowest BCUT2D eigenvalue weighted by atomic mass is 10.0. The third-order valence-electron chi connectivity index (χ3n) is 25.2. The fourth-order valence-corrected chi connectivity index (χ4v) is 19.2. The van der Waals surface area contributed by atoms with Crippen LogP contribution in [0.2, 0.25) is 0 Å². The SMILES string of the molecule is Cc1cc2c(-c3cnn4cc(N5CCC(N6CC7CCC(C6)N7)CC5)cnc34)ccnc2cc1F.Cc1cc2c(-c3cnn4cc(N5CCC(N6CC7CCC(C6)N7C)CC5)cnc34)ccnc2cc1F.Cc1cc2c(-c3cnn4cc(N5CCC(N6C[C@H]7C[C@@H]6CN7)CC5)cnc34)ccnc2cc1F. The second kappa shape index (κ2) is 27.2. The minimum absolute atomic E-state index is 0.237. The van der Waals surface area contributed by atoms with Gasteiger partial charge in [-0.2, -0.15) is 15.3 Å². The second-order valence-corrected chi connectivity index (χ2v) is 31.3. The summed E-state index contributed by atoms with van der Waals surface area (Å²) in [7, 11) is 2.31. The van der Waals surface area contributed by atoms with Gasteiger partial charge in [-0.05, 0) is 168 Å². The molecule has 0 aliphatic carbocycles. The quantitative estimate of drug-likeness (QED) is 0.139. The maximum atomic E-state index is 14.1. The van der Waals surface area contributed by atoms with Crippen LogP contribution in [0.4, 0.5) is 30.2 Å². The first-order valence-electron chi connectivity index (χ1n) is 38.2. The molecule has 18 heterocycles. The summed E-state index contributed by atoms with van der Waals surface area (Å²) in [4.78, 5) is 45.7. The van der Waals surface area contributed by atoms with Gasteiger partial charge < -0.3 is 25.3 Å². The van der Waals surface area contributed by atoms with Gasteiger partial charge in [0.1, 0.15) is 17.5 Å². The molecule has 2 N–H and O–H groups in total. The number of benzene rings is 3.